The number of hydrogen-bond donors (Lipinski definition) is 0. The van der Waals surface area contributed by atoms with Gasteiger partial charge in [-0.3, -0.25) is 4.90 Å². The van der Waals surface area contributed by atoms with E-state index in [9.17, 15) is 5.26 Å². The maximum atomic E-state index is 9.54. The van der Waals surface area contributed by atoms with Crippen molar-refractivity contribution in [3.05, 3.63) is 71.3 Å². The van der Waals surface area contributed by atoms with Gasteiger partial charge in [0.1, 0.15) is 6.04 Å². The van der Waals surface area contributed by atoms with E-state index in [1.807, 2.05) is 18.2 Å². The minimum atomic E-state index is -0.194. The molecule has 1 unspecified atom stereocenters. The van der Waals surface area contributed by atoms with Crippen molar-refractivity contribution in [1.29, 1.82) is 5.26 Å². The van der Waals surface area contributed by atoms with Gasteiger partial charge in [-0.2, -0.15) is 5.26 Å². The molecule has 0 bridgehead atoms. The summed E-state index contributed by atoms with van der Waals surface area (Å²) in [6.45, 7) is 5.80. The first-order valence-corrected chi connectivity index (χ1v) is 6.98. The molecule has 20 heavy (non-hydrogen) atoms. The van der Waals surface area contributed by atoms with Crippen molar-refractivity contribution in [2.24, 2.45) is 0 Å². The molecule has 2 aromatic carbocycles. The Bertz CT molecular complexity index is 567. The largest absolute Gasteiger partial charge is 0.280 e. The van der Waals surface area contributed by atoms with E-state index in [4.69, 9.17) is 0 Å². The lowest BCUT2D eigenvalue weighted by molar-refractivity contribution is 0.239. The van der Waals surface area contributed by atoms with E-state index in [1.54, 1.807) is 0 Å². The number of nitrogens with zero attached hydrogens (tertiary/aromatic N) is 2. The molecule has 0 fully saturated rings. The first kappa shape index (κ1) is 14.3. The van der Waals surface area contributed by atoms with E-state index in [-0.39, 0.29) is 6.04 Å². The molecule has 0 aliphatic rings. The second kappa shape index (κ2) is 6.88. The highest BCUT2D eigenvalue weighted by atomic mass is 15.1. The monoisotopic (exact) mass is 264 g/mol. The number of aryl methyl sites for hydroxylation is 1. The van der Waals surface area contributed by atoms with Crippen LogP contribution in [0.5, 0.6) is 0 Å². The molecule has 0 heterocycles. The van der Waals surface area contributed by atoms with Crippen LogP contribution in [-0.4, -0.2) is 11.4 Å². The number of rotatable bonds is 5. The molecule has 1 atom stereocenters. The quantitative estimate of drug-likeness (QED) is 0.813. The van der Waals surface area contributed by atoms with Crippen LogP contribution >= 0.6 is 0 Å². The molecule has 102 valence electrons. The first-order chi connectivity index (χ1) is 9.74. The topological polar surface area (TPSA) is 27.0 Å². The van der Waals surface area contributed by atoms with Crippen molar-refractivity contribution >= 4 is 0 Å². The van der Waals surface area contributed by atoms with Crippen molar-refractivity contribution in [2.45, 2.75) is 26.4 Å². The van der Waals surface area contributed by atoms with Crippen LogP contribution in [0.2, 0.25) is 0 Å². The van der Waals surface area contributed by atoms with Crippen molar-refractivity contribution in [1.82, 2.24) is 4.90 Å². The summed E-state index contributed by atoms with van der Waals surface area (Å²) in [6.07, 6.45) is 0. The Hall–Kier alpha value is -2.11. The summed E-state index contributed by atoms with van der Waals surface area (Å²) in [5.41, 5.74) is 3.52. The maximum absolute atomic E-state index is 9.54. The van der Waals surface area contributed by atoms with E-state index >= 15 is 0 Å². The van der Waals surface area contributed by atoms with Gasteiger partial charge >= 0.3 is 0 Å². The van der Waals surface area contributed by atoms with E-state index in [0.29, 0.717) is 0 Å². The molecule has 0 spiro atoms. The van der Waals surface area contributed by atoms with Crippen LogP contribution in [0.4, 0.5) is 0 Å². The summed E-state index contributed by atoms with van der Waals surface area (Å²) >= 11 is 0. The van der Waals surface area contributed by atoms with Crippen LogP contribution in [0.15, 0.2) is 54.6 Å². The van der Waals surface area contributed by atoms with Crippen LogP contribution in [0.25, 0.3) is 0 Å². The lowest BCUT2D eigenvalue weighted by atomic mass is 10.0. The molecule has 2 rings (SSSR count). The molecule has 2 aromatic rings. The summed E-state index contributed by atoms with van der Waals surface area (Å²) in [4.78, 5) is 2.19. The van der Waals surface area contributed by atoms with Gasteiger partial charge in [-0.05, 0) is 24.6 Å². The molecule has 0 saturated carbocycles. The highest BCUT2D eigenvalue weighted by Crippen LogP contribution is 2.22. The summed E-state index contributed by atoms with van der Waals surface area (Å²) in [5.74, 6) is 0. The smallest absolute Gasteiger partial charge is 0.124 e. The molecule has 0 N–H and O–H groups in total. The van der Waals surface area contributed by atoms with Gasteiger partial charge in [0, 0.05) is 6.54 Å². The fraction of sp³-hybridized carbons (Fsp3) is 0.278. The normalized spacial score (nSPS) is 12.1. The van der Waals surface area contributed by atoms with Crippen LogP contribution < -0.4 is 0 Å². The van der Waals surface area contributed by atoms with Gasteiger partial charge in [-0.15, -0.1) is 0 Å². The van der Waals surface area contributed by atoms with Crippen molar-refractivity contribution < 1.29 is 0 Å². The molecule has 0 aliphatic heterocycles. The summed E-state index contributed by atoms with van der Waals surface area (Å²) in [6, 6.07) is 20.8. The fourth-order valence-electron chi connectivity index (χ4n) is 2.32. The Kier molecular flexibility index (Phi) is 4.92. The molecule has 0 aromatic heterocycles. The number of benzene rings is 2. The zero-order valence-corrected chi connectivity index (χ0v) is 12.1. The molecule has 0 saturated heterocycles. The summed E-state index contributed by atoms with van der Waals surface area (Å²) < 4.78 is 0. The van der Waals surface area contributed by atoms with E-state index < -0.39 is 0 Å². The van der Waals surface area contributed by atoms with Gasteiger partial charge in [0.25, 0.3) is 0 Å². The highest BCUT2D eigenvalue weighted by Gasteiger charge is 2.18. The van der Waals surface area contributed by atoms with E-state index in [2.05, 4.69) is 61.2 Å². The Morgan fingerprint density at radius 2 is 1.70 bits per heavy atom. The Morgan fingerprint density at radius 3 is 2.25 bits per heavy atom. The lowest BCUT2D eigenvalue weighted by Gasteiger charge is -2.26. The van der Waals surface area contributed by atoms with Crippen molar-refractivity contribution in [3.8, 4) is 6.07 Å². The Balaban J connectivity index is 2.20. The second-order valence-corrected chi connectivity index (χ2v) is 4.99. The van der Waals surface area contributed by atoms with Gasteiger partial charge in [-0.25, -0.2) is 0 Å². The van der Waals surface area contributed by atoms with Crippen LogP contribution in [0.3, 0.4) is 0 Å². The average Bonchev–Trinajstić information content (AvgIpc) is 2.49. The first-order valence-electron chi connectivity index (χ1n) is 6.98. The lowest BCUT2D eigenvalue weighted by Crippen LogP contribution is -2.27. The average molecular weight is 264 g/mol. The van der Waals surface area contributed by atoms with Gasteiger partial charge in [0.2, 0.25) is 0 Å². The second-order valence-electron chi connectivity index (χ2n) is 4.99. The van der Waals surface area contributed by atoms with E-state index in [0.717, 1.165) is 18.7 Å². The predicted molar refractivity (Wildman–Crippen MR) is 82.1 cm³/mol. The molecule has 2 nitrogen and oxygen atoms in total. The summed E-state index contributed by atoms with van der Waals surface area (Å²) in [5, 5.41) is 9.54. The Labute approximate surface area is 121 Å². The van der Waals surface area contributed by atoms with Crippen molar-refractivity contribution in [3.63, 3.8) is 0 Å². The molecule has 0 aliphatic carbocycles. The third-order valence-electron chi connectivity index (χ3n) is 3.52. The molecule has 2 heteroatoms. The maximum Gasteiger partial charge on any atom is 0.124 e. The third-order valence-corrected chi connectivity index (χ3v) is 3.52. The molecular weight excluding hydrogens is 244 g/mol. The fourth-order valence-corrected chi connectivity index (χ4v) is 2.32. The van der Waals surface area contributed by atoms with Crippen molar-refractivity contribution in [2.75, 3.05) is 6.54 Å². The standard InChI is InChI=1S/C18H20N2/c1-3-20(14-16-7-5-4-6-8-16)18(13-19)17-11-9-15(2)10-12-17/h4-12,18H,3,14H2,1-2H3. The van der Waals surface area contributed by atoms with Gasteiger partial charge in [-0.1, -0.05) is 67.1 Å². The highest BCUT2D eigenvalue weighted by molar-refractivity contribution is 5.28. The Morgan fingerprint density at radius 1 is 1.05 bits per heavy atom. The van der Waals surface area contributed by atoms with Crippen LogP contribution in [0.1, 0.15) is 29.7 Å². The summed E-state index contributed by atoms with van der Waals surface area (Å²) in [7, 11) is 0. The van der Waals surface area contributed by atoms with E-state index in [1.165, 1.54) is 11.1 Å². The molecular formula is C18H20N2. The van der Waals surface area contributed by atoms with Gasteiger partial charge in [0.05, 0.1) is 6.07 Å². The zero-order chi connectivity index (χ0) is 14.4. The molecule has 0 radical (unpaired) electrons. The third kappa shape index (κ3) is 3.46. The SMILES string of the molecule is CCN(Cc1ccccc1)C(C#N)c1ccc(C)cc1. The van der Waals surface area contributed by atoms with Gasteiger partial charge in [0.15, 0.2) is 0 Å². The number of nitriles is 1. The van der Waals surface area contributed by atoms with Crippen LogP contribution in [0, 0.1) is 18.3 Å². The number of hydrogen-bond acceptors (Lipinski definition) is 2. The zero-order valence-electron chi connectivity index (χ0n) is 12.1. The molecule has 0 amide bonds. The van der Waals surface area contributed by atoms with Gasteiger partial charge < -0.3 is 0 Å². The van der Waals surface area contributed by atoms with Crippen LogP contribution in [-0.2, 0) is 6.54 Å². The predicted octanol–water partition coefficient (Wildman–Crippen LogP) is 4.08. The minimum absolute atomic E-state index is 0.194. The minimum Gasteiger partial charge on any atom is -0.280 e.